The molecule has 0 aliphatic carbocycles. The van der Waals surface area contributed by atoms with Crippen molar-refractivity contribution >= 4 is 33.4 Å². The summed E-state index contributed by atoms with van der Waals surface area (Å²) in [7, 11) is 0. The van der Waals surface area contributed by atoms with Gasteiger partial charge in [0.1, 0.15) is 5.65 Å². The molecule has 3 heterocycles. The molecule has 5 nitrogen and oxygen atoms in total. The zero-order valence-corrected chi connectivity index (χ0v) is 15.5. The molecule has 1 amide bonds. The number of H-pyrrole nitrogens is 1. The van der Waals surface area contributed by atoms with Crippen LogP contribution in [0, 0.1) is 0 Å². The predicted octanol–water partition coefficient (Wildman–Crippen LogP) is 4.89. The summed E-state index contributed by atoms with van der Waals surface area (Å²) in [6.45, 7) is 4.00. The lowest BCUT2D eigenvalue weighted by molar-refractivity contribution is -0.115. The van der Waals surface area contributed by atoms with Crippen LogP contribution in [-0.2, 0) is 11.2 Å². The Kier molecular flexibility index (Phi) is 5.76. The zero-order chi connectivity index (χ0) is 18.4. The Balaban J connectivity index is 0.000000948. The van der Waals surface area contributed by atoms with E-state index in [0.29, 0.717) is 11.6 Å². The van der Waals surface area contributed by atoms with Gasteiger partial charge in [-0.2, -0.15) is 0 Å². The lowest BCUT2D eigenvalue weighted by Crippen LogP contribution is -2.14. The van der Waals surface area contributed by atoms with Crippen molar-refractivity contribution in [3.05, 3.63) is 65.8 Å². The molecule has 132 valence electrons. The highest BCUT2D eigenvalue weighted by atomic mass is 32.1. The van der Waals surface area contributed by atoms with Crippen LogP contribution in [-0.4, -0.2) is 20.9 Å². The topological polar surface area (TPSA) is 70.7 Å². The van der Waals surface area contributed by atoms with Gasteiger partial charge in [0.15, 0.2) is 5.13 Å². The molecule has 0 radical (unpaired) electrons. The number of rotatable bonds is 4. The first-order valence-corrected chi connectivity index (χ1v) is 9.39. The number of amides is 1. The first-order chi connectivity index (χ1) is 12.8. The van der Waals surface area contributed by atoms with Crippen molar-refractivity contribution in [2.45, 2.75) is 20.3 Å². The summed E-state index contributed by atoms with van der Waals surface area (Å²) < 4.78 is 0. The quantitative estimate of drug-likeness (QED) is 0.541. The lowest BCUT2D eigenvalue weighted by atomic mass is 10.1. The van der Waals surface area contributed by atoms with E-state index in [1.54, 1.807) is 6.20 Å². The van der Waals surface area contributed by atoms with Gasteiger partial charge >= 0.3 is 0 Å². The highest BCUT2D eigenvalue weighted by molar-refractivity contribution is 7.14. The molecule has 0 aliphatic heterocycles. The minimum atomic E-state index is -0.0670. The van der Waals surface area contributed by atoms with Crippen LogP contribution in [0.4, 0.5) is 5.13 Å². The van der Waals surface area contributed by atoms with Crippen LogP contribution in [0.1, 0.15) is 19.4 Å². The maximum absolute atomic E-state index is 12.1. The predicted molar refractivity (Wildman–Crippen MR) is 107 cm³/mol. The van der Waals surface area contributed by atoms with Crippen molar-refractivity contribution < 1.29 is 4.79 Å². The van der Waals surface area contributed by atoms with Crippen LogP contribution in [0.15, 0.2) is 60.2 Å². The number of nitrogens with one attached hydrogen (secondary N) is 2. The highest BCUT2D eigenvalue weighted by Gasteiger charge is 2.12. The molecule has 6 heteroatoms. The van der Waals surface area contributed by atoms with Crippen molar-refractivity contribution in [2.75, 3.05) is 5.32 Å². The van der Waals surface area contributed by atoms with E-state index in [0.717, 1.165) is 27.9 Å². The second kappa shape index (κ2) is 8.40. The first-order valence-electron chi connectivity index (χ1n) is 8.51. The van der Waals surface area contributed by atoms with E-state index in [1.807, 2.05) is 67.9 Å². The van der Waals surface area contributed by atoms with E-state index in [9.17, 15) is 4.79 Å². The Morgan fingerprint density at radius 2 is 1.96 bits per heavy atom. The lowest BCUT2D eigenvalue weighted by Gasteiger charge is -2.01. The minimum Gasteiger partial charge on any atom is -0.345 e. The van der Waals surface area contributed by atoms with Gasteiger partial charge in [0.2, 0.25) is 5.91 Å². The molecule has 0 spiro atoms. The number of aromatic amines is 1. The average Bonchev–Trinajstić information content (AvgIpc) is 3.30. The van der Waals surface area contributed by atoms with Gasteiger partial charge in [0, 0.05) is 28.7 Å². The summed E-state index contributed by atoms with van der Waals surface area (Å²) in [5.41, 5.74) is 3.62. The molecule has 0 saturated heterocycles. The number of carbonyl (C=O) groups excluding carboxylic acids is 1. The van der Waals surface area contributed by atoms with Crippen molar-refractivity contribution in [3.8, 4) is 11.3 Å². The number of nitrogens with zero attached hydrogens (tertiary/aromatic N) is 2. The van der Waals surface area contributed by atoms with Crippen molar-refractivity contribution in [1.82, 2.24) is 15.0 Å². The Bertz CT molecular complexity index is 991. The Morgan fingerprint density at radius 1 is 1.15 bits per heavy atom. The Labute approximate surface area is 156 Å². The first kappa shape index (κ1) is 17.8. The van der Waals surface area contributed by atoms with Gasteiger partial charge in [-0.05, 0) is 17.7 Å². The number of anilines is 1. The van der Waals surface area contributed by atoms with E-state index in [2.05, 4.69) is 20.3 Å². The fourth-order valence-electron chi connectivity index (χ4n) is 2.57. The number of thiazole rings is 1. The number of aromatic nitrogens is 3. The summed E-state index contributed by atoms with van der Waals surface area (Å²) in [6.07, 6.45) is 3.98. The van der Waals surface area contributed by atoms with Crippen molar-refractivity contribution in [2.24, 2.45) is 0 Å². The molecular formula is C20H20N4OS. The molecule has 0 atom stereocenters. The summed E-state index contributed by atoms with van der Waals surface area (Å²) >= 11 is 1.42. The van der Waals surface area contributed by atoms with E-state index in [1.165, 1.54) is 11.3 Å². The smallest absolute Gasteiger partial charge is 0.230 e. The summed E-state index contributed by atoms with van der Waals surface area (Å²) in [4.78, 5) is 24.1. The standard InChI is InChI=1S/C18H14N4OS.C2H6/c23-16(9-12-5-2-1-3-6-12)22-18-21-15(11-24-18)14-10-20-17-13(14)7-4-8-19-17;1-2/h1-8,10-11H,9H2,(H,19,20)(H,21,22,23);1-2H3. The van der Waals surface area contributed by atoms with E-state index in [-0.39, 0.29) is 5.91 Å². The molecule has 0 aliphatic rings. The van der Waals surface area contributed by atoms with Crippen LogP contribution in [0.5, 0.6) is 0 Å². The van der Waals surface area contributed by atoms with Crippen LogP contribution in [0.3, 0.4) is 0 Å². The van der Waals surface area contributed by atoms with Crippen molar-refractivity contribution in [1.29, 1.82) is 0 Å². The fraction of sp³-hybridized carbons (Fsp3) is 0.150. The molecule has 0 saturated carbocycles. The fourth-order valence-corrected chi connectivity index (χ4v) is 3.29. The van der Waals surface area contributed by atoms with Crippen LogP contribution >= 0.6 is 11.3 Å². The van der Waals surface area contributed by atoms with E-state index in [4.69, 9.17) is 0 Å². The molecule has 0 bridgehead atoms. The molecule has 1 aromatic carbocycles. The van der Waals surface area contributed by atoms with Gasteiger partial charge in [0.05, 0.1) is 12.1 Å². The SMILES string of the molecule is CC.O=C(Cc1ccccc1)Nc1nc(-c2c[nH]c3ncccc23)cs1. The van der Waals surface area contributed by atoms with Gasteiger partial charge in [-0.3, -0.25) is 4.79 Å². The normalized spacial score (nSPS) is 10.2. The average molecular weight is 364 g/mol. The van der Waals surface area contributed by atoms with Gasteiger partial charge in [-0.15, -0.1) is 11.3 Å². The van der Waals surface area contributed by atoms with Gasteiger partial charge in [-0.1, -0.05) is 44.2 Å². The molecule has 2 N–H and O–H groups in total. The molecule has 0 unspecified atom stereocenters. The van der Waals surface area contributed by atoms with Crippen LogP contribution in [0.25, 0.3) is 22.3 Å². The third-order valence-electron chi connectivity index (χ3n) is 3.69. The monoisotopic (exact) mass is 364 g/mol. The molecule has 4 rings (SSSR count). The molecule has 4 aromatic rings. The van der Waals surface area contributed by atoms with Gasteiger partial charge in [-0.25, -0.2) is 9.97 Å². The number of hydrogen-bond donors (Lipinski definition) is 2. The molecule has 3 aromatic heterocycles. The van der Waals surface area contributed by atoms with Crippen LogP contribution in [0.2, 0.25) is 0 Å². The number of pyridine rings is 1. The van der Waals surface area contributed by atoms with Crippen molar-refractivity contribution in [3.63, 3.8) is 0 Å². The van der Waals surface area contributed by atoms with Crippen LogP contribution < -0.4 is 5.32 Å². The molecular weight excluding hydrogens is 344 g/mol. The third kappa shape index (κ3) is 3.97. The van der Waals surface area contributed by atoms with E-state index >= 15 is 0 Å². The Hall–Kier alpha value is -2.99. The molecule has 26 heavy (non-hydrogen) atoms. The number of benzene rings is 1. The summed E-state index contributed by atoms with van der Waals surface area (Å²) in [5, 5.41) is 6.42. The third-order valence-corrected chi connectivity index (χ3v) is 4.44. The van der Waals surface area contributed by atoms with Gasteiger partial charge in [0.25, 0.3) is 0 Å². The second-order valence-corrected chi connectivity index (χ2v) is 6.21. The summed E-state index contributed by atoms with van der Waals surface area (Å²) in [5.74, 6) is -0.0670. The second-order valence-electron chi connectivity index (χ2n) is 5.35. The Morgan fingerprint density at radius 3 is 2.77 bits per heavy atom. The zero-order valence-electron chi connectivity index (χ0n) is 14.7. The maximum atomic E-state index is 12.1. The van der Waals surface area contributed by atoms with E-state index < -0.39 is 0 Å². The maximum Gasteiger partial charge on any atom is 0.230 e. The van der Waals surface area contributed by atoms with Gasteiger partial charge < -0.3 is 10.3 Å². The summed E-state index contributed by atoms with van der Waals surface area (Å²) in [6, 6.07) is 13.6. The minimum absolute atomic E-state index is 0.0670. The number of fused-ring (bicyclic) bond motifs is 1. The largest absolute Gasteiger partial charge is 0.345 e. The molecule has 0 fully saturated rings. The number of hydrogen-bond acceptors (Lipinski definition) is 4. The number of carbonyl (C=O) groups is 1. The highest BCUT2D eigenvalue weighted by Crippen LogP contribution is 2.30.